The van der Waals surface area contributed by atoms with Gasteiger partial charge in [-0.15, -0.1) is 10.2 Å². The van der Waals surface area contributed by atoms with Gasteiger partial charge in [0.25, 0.3) is 0 Å². The van der Waals surface area contributed by atoms with Crippen LogP contribution in [0.4, 0.5) is 4.39 Å². The van der Waals surface area contributed by atoms with Crippen LogP contribution in [0.15, 0.2) is 36.4 Å². The van der Waals surface area contributed by atoms with Gasteiger partial charge in [0, 0.05) is 11.1 Å². The Morgan fingerprint density at radius 1 is 1.22 bits per heavy atom. The van der Waals surface area contributed by atoms with Crippen LogP contribution in [0, 0.1) is 5.82 Å². The van der Waals surface area contributed by atoms with Crippen LogP contribution >= 0.6 is 11.6 Å². The van der Waals surface area contributed by atoms with E-state index >= 15 is 0 Å². The molecule has 0 saturated heterocycles. The van der Waals surface area contributed by atoms with Crippen molar-refractivity contribution in [3.63, 3.8) is 0 Å². The van der Waals surface area contributed by atoms with Crippen molar-refractivity contribution in [3.8, 4) is 22.9 Å². The molecule has 0 amide bonds. The molecule has 0 unspecified atom stereocenters. The smallest absolute Gasteiger partial charge is 0.204 e. The lowest BCUT2D eigenvalue weighted by molar-refractivity contribution is 0.280. The summed E-state index contributed by atoms with van der Waals surface area (Å²) in [7, 11) is 1.51. The number of halogens is 2. The summed E-state index contributed by atoms with van der Waals surface area (Å²) in [6.07, 6.45) is 0. The lowest BCUT2D eigenvalue weighted by atomic mass is 10.2. The summed E-state index contributed by atoms with van der Waals surface area (Å²) in [6.45, 7) is -0.0105. The number of methoxy groups -OCH3 is 1. The van der Waals surface area contributed by atoms with Gasteiger partial charge in [0.2, 0.25) is 5.82 Å². The molecule has 0 aliphatic carbocycles. The standard InChI is InChI=1S/C15H12ClFN4O2/c1-22-14-7-9(15-18-20-21-19-15)5-6-13(14)23-8-10-11(16)3-2-4-12(10)17/h2-7H,8H2,1H3,(H,18,19,20,21). The maximum atomic E-state index is 13.8. The predicted molar refractivity (Wildman–Crippen MR) is 81.9 cm³/mol. The molecule has 0 aliphatic heterocycles. The van der Waals surface area contributed by atoms with Crippen LogP contribution < -0.4 is 9.47 Å². The van der Waals surface area contributed by atoms with Crippen LogP contribution in [0.3, 0.4) is 0 Å². The third-order valence-corrected chi connectivity index (χ3v) is 3.55. The number of rotatable bonds is 5. The number of tetrazole rings is 1. The first-order chi connectivity index (χ1) is 11.2. The highest BCUT2D eigenvalue weighted by molar-refractivity contribution is 6.31. The highest BCUT2D eigenvalue weighted by Crippen LogP contribution is 2.32. The number of aromatic nitrogens is 4. The van der Waals surface area contributed by atoms with Crippen molar-refractivity contribution in [1.29, 1.82) is 0 Å². The number of H-pyrrole nitrogens is 1. The molecule has 3 aromatic rings. The molecule has 0 fully saturated rings. The van der Waals surface area contributed by atoms with E-state index in [9.17, 15) is 4.39 Å². The molecule has 0 spiro atoms. The van der Waals surface area contributed by atoms with Crippen LogP contribution in [-0.4, -0.2) is 27.7 Å². The Morgan fingerprint density at radius 3 is 2.78 bits per heavy atom. The third-order valence-electron chi connectivity index (χ3n) is 3.20. The molecule has 1 N–H and O–H groups in total. The predicted octanol–water partition coefficient (Wildman–Crippen LogP) is 3.25. The van der Waals surface area contributed by atoms with Gasteiger partial charge in [-0.25, -0.2) is 4.39 Å². The van der Waals surface area contributed by atoms with Crippen LogP contribution in [0.1, 0.15) is 5.56 Å². The molecule has 2 aromatic carbocycles. The van der Waals surface area contributed by atoms with Crippen molar-refractivity contribution in [2.45, 2.75) is 6.61 Å². The molecule has 1 heterocycles. The van der Waals surface area contributed by atoms with E-state index in [2.05, 4.69) is 20.6 Å². The van der Waals surface area contributed by atoms with Crippen molar-refractivity contribution >= 4 is 11.6 Å². The summed E-state index contributed by atoms with van der Waals surface area (Å²) in [4.78, 5) is 0. The number of hydrogen-bond donors (Lipinski definition) is 1. The van der Waals surface area contributed by atoms with Crippen molar-refractivity contribution in [2.24, 2.45) is 0 Å². The quantitative estimate of drug-likeness (QED) is 0.775. The molecule has 0 aliphatic rings. The molecule has 0 bridgehead atoms. The van der Waals surface area contributed by atoms with Crippen LogP contribution in [-0.2, 0) is 6.61 Å². The molecule has 0 radical (unpaired) electrons. The van der Waals surface area contributed by atoms with E-state index in [4.69, 9.17) is 21.1 Å². The average molecular weight is 335 g/mol. The minimum Gasteiger partial charge on any atom is -0.493 e. The molecular weight excluding hydrogens is 323 g/mol. The van der Waals surface area contributed by atoms with Gasteiger partial charge in [0.15, 0.2) is 11.5 Å². The summed E-state index contributed by atoms with van der Waals surface area (Å²) in [5, 5.41) is 14.0. The number of nitrogens with one attached hydrogen (secondary N) is 1. The molecular formula is C15H12ClFN4O2. The van der Waals surface area contributed by atoms with E-state index < -0.39 is 5.82 Å². The Labute approximate surface area is 136 Å². The van der Waals surface area contributed by atoms with Gasteiger partial charge in [-0.05, 0) is 35.5 Å². The third kappa shape index (κ3) is 3.24. The lowest BCUT2D eigenvalue weighted by Gasteiger charge is -2.12. The SMILES string of the molecule is COc1cc(-c2nn[nH]n2)ccc1OCc1c(F)cccc1Cl. The van der Waals surface area contributed by atoms with E-state index in [1.54, 1.807) is 30.3 Å². The average Bonchev–Trinajstić information content (AvgIpc) is 3.09. The Hall–Kier alpha value is -2.67. The van der Waals surface area contributed by atoms with Gasteiger partial charge >= 0.3 is 0 Å². The van der Waals surface area contributed by atoms with Gasteiger partial charge in [-0.3, -0.25) is 0 Å². The molecule has 0 atom stereocenters. The number of nitrogens with zero attached hydrogens (tertiary/aromatic N) is 3. The Bertz CT molecular complexity index is 791. The summed E-state index contributed by atoms with van der Waals surface area (Å²) < 4.78 is 24.7. The number of aromatic amines is 1. The number of hydrogen-bond acceptors (Lipinski definition) is 5. The molecule has 8 heteroatoms. The summed E-state index contributed by atoms with van der Waals surface area (Å²) in [5.74, 6) is 0.950. The zero-order chi connectivity index (χ0) is 16.2. The highest BCUT2D eigenvalue weighted by atomic mass is 35.5. The molecule has 6 nitrogen and oxygen atoms in total. The zero-order valence-electron chi connectivity index (χ0n) is 12.1. The fourth-order valence-corrected chi connectivity index (χ4v) is 2.25. The van der Waals surface area contributed by atoms with Crippen molar-refractivity contribution in [3.05, 3.63) is 52.8 Å². The second-order valence-electron chi connectivity index (χ2n) is 4.59. The topological polar surface area (TPSA) is 72.9 Å². The second-order valence-corrected chi connectivity index (χ2v) is 5.00. The van der Waals surface area contributed by atoms with Crippen LogP contribution in [0.25, 0.3) is 11.4 Å². The van der Waals surface area contributed by atoms with Crippen molar-refractivity contribution < 1.29 is 13.9 Å². The Balaban J connectivity index is 1.83. The van der Waals surface area contributed by atoms with Gasteiger partial charge in [-0.1, -0.05) is 17.7 Å². The van der Waals surface area contributed by atoms with Crippen molar-refractivity contribution in [2.75, 3.05) is 7.11 Å². The van der Waals surface area contributed by atoms with Crippen molar-refractivity contribution in [1.82, 2.24) is 20.6 Å². The summed E-state index contributed by atoms with van der Waals surface area (Å²) in [6, 6.07) is 9.65. The summed E-state index contributed by atoms with van der Waals surface area (Å²) in [5.41, 5.74) is 1.00. The van der Waals surface area contributed by atoms with Crippen LogP contribution in [0.2, 0.25) is 5.02 Å². The maximum Gasteiger partial charge on any atom is 0.204 e. The van der Waals surface area contributed by atoms with Gasteiger partial charge < -0.3 is 9.47 Å². The van der Waals surface area contributed by atoms with E-state index in [0.717, 1.165) is 0 Å². The first kappa shape index (κ1) is 15.2. The van der Waals surface area contributed by atoms with E-state index in [0.29, 0.717) is 33.5 Å². The lowest BCUT2D eigenvalue weighted by Crippen LogP contribution is -2.01. The first-order valence-electron chi connectivity index (χ1n) is 6.66. The molecule has 0 saturated carbocycles. The van der Waals surface area contributed by atoms with E-state index in [1.807, 2.05) is 0 Å². The normalized spacial score (nSPS) is 10.6. The first-order valence-corrected chi connectivity index (χ1v) is 7.04. The van der Waals surface area contributed by atoms with E-state index in [-0.39, 0.29) is 6.61 Å². The zero-order valence-corrected chi connectivity index (χ0v) is 12.8. The highest BCUT2D eigenvalue weighted by Gasteiger charge is 2.12. The minimum atomic E-state index is -0.417. The molecule has 118 valence electrons. The minimum absolute atomic E-state index is 0.0105. The number of ether oxygens (including phenoxy) is 2. The molecule has 1 aromatic heterocycles. The number of benzene rings is 2. The van der Waals surface area contributed by atoms with E-state index in [1.165, 1.54) is 13.2 Å². The fraction of sp³-hybridized carbons (Fsp3) is 0.133. The van der Waals surface area contributed by atoms with Gasteiger partial charge in [-0.2, -0.15) is 5.21 Å². The van der Waals surface area contributed by atoms with Gasteiger partial charge in [0.1, 0.15) is 12.4 Å². The second kappa shape index (κ2) is 6.62. The summed E-state index contributed by atoms with van der Waals surface area (Å²) >= 11 is 5.98. The molecule has 23 heavy (non-hydrogen) atoms. The monoisotopic (exact) mass is 334 g/mol. The fourth-order valence-electron chi connectivity index (χ4n) is 2.03. The van der Waals surface area contributed by atoms with Gasteiger partial charge in [0.05, 0.1) is 12.1 Å². The largest absolute Gasteiger partial charge is 0.493 e. The molecule has 3 rings (SSSR count). The maximum absolute atomic E-state index is 13.8. The van der Waals surface area contributed by atoms with Crippen LogP contribution in [0.5, 0.6) is 11.5 Å². The Morgan fingerprint density at radius 2 is 2.09 bits per heavy atom. The Kier molecular flexibility index (Phi) is 4.38.